The van der Waals surface area contributed by atoms with Crippen molar-refractivity contribution in [2.45, 2.75) is 11.8 Å². The summed E-state index contributed by atoms with van der Waals surface area (Å²) in [5, 5.41) is 1.21. The zero-order chi connectivity index (χ0) is 17.7. The molecule has 25 heavy (non-hydrogen) atoms. The first-order chi connectivity index (χ1) is 12.1. The van der Waals surface area contributed by atoms with E-state index in [1.54, 1.807) is 11.0 Å². The fourth-order valence-corrected chi connectivity index (χ4v) is 4.84. The molecule has 0 radical (unpaired) electrons. The number of hydrogen-bond acceptors (Lipinski definition) is 4. The second kappa shape index (κ2) is 7.89. The third-order valence-corrected chi connectivity index (χ3v) is 6.25. The zero-order valence-electron chi connectivity index (χ0n) is 13.6. The summed E-state index contributed by atoms with van der Waals surface area (Å²) in [5.41, 5.74) is 1.88. The maximum Gasteiger partial charge on any atom is 0.237 e. The first-order valence-electron chi connectivity index (χ1n) is 7.95. The molecular formula is C19H19NO3S2. The van der Waals surface area contributed by atoms with Gasteiger partial charge in [0.2, 0.25) is 5.91 Å². The van der Waals surface area contributed by atoms with Crippen LogP contribution < -0.4 is 4.90 Å². The van der Waals surface area contributed by atoms with Gasteiger partial charge in [0, 0.05) is 16.8 Å². The van der Waals surface area contributed by atoms with Crippen molar-refractivity contribution in [3.05, 3.63) is 77.7 Å². The Labute approximate surface area is 152 Å². The predicted molar refractivity (Wildman–Crippen MR) is 103 cm³/mol. The van der Waals surface area contributed by atoms with E-state index in [0.29, 0.717) is 5.75 Å². The Morgan fingerprint density at radius 1 is 1.04 bits per heavy atom. The molecule has 1 aliphatic rings. The fraction of sp³-hybridized carbons (Fsp3) is 0.211. The standard InChI is InChI=1S/C19H19NO3S2/c21-19(14-24-13-16-7-3-1-4-8-16)20(17-9-5-2-6-10-17)18-11-12-25(22,23)15-18/h1-12,18H,13-15H2/t18-/m0/s1. The van der Waals surface area contributed by atoms with Gasteiger partial charge in [-0.05, 0) is 23.8 Å². The lowest BCUT2D eigenvalue weighted by Crippen LogP contribution is -2.42. The molecule has 1 heterocycles. The van der Waals surface area contributed by atoms with E-state index in [1.807, 2.05) is 60.7 Å². The Balaban J connectivity index is 1.71. The van der Waals surface area contributed by atoms with Crippen LogP contribution in [0.25, 0.3) is 0 Å². The van der Waals surface area contributed by atoms with Crippen LogP contribution in [-0.4, -0.2) is 31.9 Å². The molecular weight excluding hydrogens is 354 g/mol. The largest absolute Gasteiger partial charge is 0.304 e. The molecule has 0 aromatic heterocycles. The molecule has 2 aromatic carbocycles. The molecule has 0 aliphatic carbocycles. The molecule has 3 rings (SSSR count). The van der Waals surface area contributed by atoms with Crippen LogP contribution in [0.5, 0.6) is 0 Å². The Bertz CT molecular complexity index is 849. The summed E-state index contributed by atoms with van der Waals surface area (Å²) in [6.45, 7) is 0. The highest BCUT2D eigenvalue weighted by Crippen LogP contribution is 2.24. The van der Waals surface area contributed by atoms with Crippen LogP contribution in [0.1, 0.15) is 5.56 Å². The number of sulfone groups is 1. The summed E-state index contributed by atoms with van der Waals surface area (Å²) in [7, 11) is -3.23. The van der Waals surface area contributed by atoms with E-state index in [2.05, 4.69) is 0 Å². The van der Waals surface area contributed by atoms with Crippen molar-refractivity contribution in [3.63, 3.8) is 0 Å². The molecule has 0 spiro atoms. The van der Waals surface area contributed by atoms with E-state index in [1.165, 1.54) is 17.2 Å². The summed E-state index contributed by atoms with van der Waals surface area (Å²) in [6.07, 6.45) is 1.60. The van der Waals surface area contributed by atoms with Gasteiger partial charge in [0.15, 0.2) is 9.84 Å². The Kier molecular flexibility index (Phi) is 5.60. The van der Waals surface area contributed by atoms with Crippen LogP contribution in [-0.2, 0) is 20.4 Å². The van der Waals surface area contributed by atoms with Gasteiger partial charge in [0.25, 0.3) is 0 Å². The van der Waals surface area contributed by atoms with Crippen LogP contribution >= 0.6 is 11.8 Å². The van der Waals surface area contributed by atoms with Crippen molar-refractivity contribution in [1.82, 2.24) is 0 Å². The van der Waals surface area contributed by atoms with E-state index < -0.39 is 15.9 Å². The number of para-hydroxylation sites is 1. The summed E-state index contributed by atoms with van der Waals surface area (Å²) in [5.74, 6) is 0.901. The Morgan fingerprint density at radius 2 is 1.68 bits per heavy atom. The number of anilines is 1. The second-order valence-electron chi connectivity index (χ2n) is 5.80. The van der Waals surface area contributed by atoms with Crippen molar-refractivity contribution >= 4 is 33.2 Å². The lowest BCUT2D eigenvalue weighted by atomic mass is 10.2. The highest BCUT2D eigenvalue weighted by Gasteiger charge is 2.31. The summed E-state index contributed by atoms with van der Waals surface area (Å²) >= 11 is 1.53. The van der Waals surface area contributed by atoms with Gasteiger partial charge in [-0.25, -0.2) is 8.42 Å². The molecule has 1 aliphatic heterocycles. The van der Waals surface area contributed by atoms with Gasteiger partial charge in [0.05, 0.1) is 17.5 Å². The number of nitrogens with zero attached hydrogens (tertiary/aromatic N) is 1. The number of benzene rings is 2. The average Bonchev–Trinajstić information content (AvgIpc) is 2.96. The molecule has 6 heteroatoms. The normalized spacial score (nSPS) is 18.2. The molecule has 0 bridgehead atoms. The number of carbonyl (C=O) groups excluding carboxylic acids is 1. The molecule has 130 valence electrons. The maximum atomic E-state index is 12.8. The maximum absolute atomic E-state index is 12.8. The van der Waals surface area contributed by atoms with Gasteiger partial charge in [-0.15, -0.1) is 11.8 Å². The van der Waals surface area contributed by atoms with Crippen molar-refractivity contribution in [2.24, 2.45) is 0 Å². The van der Waals surface area contributed by atoms with Gasteiger partial charge < -0.3 is 4.90 Å². The third-order valence-electron chi connectivity index (χ3n) is 3.88. The predicted octanol–water partition coefficient (Wildman–Crippen LogP) is 3.26. The van der Waals surface area contributed by atoms with Crippen LogP contribution in [0.3, 0.4) is 0 Å². The van der Waals surface area contributed by atoms with Crippen molar-refractivity contribution in [1.29, 1.82) is 0 Å². The first-order valence-corrected chi connectivity index (χ1v) is 10.8. The van der Waals surface area contributed by atoms with Crippen LogP contribution in [0, 0.1) is 0 Å². The van der Waals surface area contributed by atoms with Crippen LogP contribution in [0.15, 0.2) is 72.1 Å². The number of hydrogen-bond donors (Lipinski definition) is 0. The number of thioether (sulfide) groups is 1. The van der Waals surface area contributed by atoms with E-state index in [4.69, 9.17) is 0 Å². The van der Waals surface area contributed by atoms with Gasteiger partial charge in [-0.2, -0.15) is 0 Å². The minimum Gasteiger partial charge on any atom is -0.304 e. The van der Waals surface area contributed by atoms with Gasteiger partial charge in [-0.1, -0.05) is 48.5 Å². The van der Waals surface area contributed by atoms with Crippen molar-refractivity contribution in [3.8, 4) is 0 Å². The summed E-state index contributed by atoms with van der Waals surface area (Å²) < 4.78 is 23.5. The molecule has 1 amide bonds. The number of amides is 1. The van der Waals surface area contributed by atoms with Crippen LogP contribution in [0.4, 0.5) is 5.69 Å². The highest BCUT2D eigenvalue weighted by atomic mass is 32.2. The number of rotatable bonds is 6. The Hall–Kier alpha value is -2.05. The second-order valence-corrected chi connectivity index (χ2v) is 8.72. The number of carbonyl (C=O) groups is 1. The molecule has 0 N–H and O–H groups in total. The van der Waals surface area contributed by atoms with Gasteiger partial charge in [0.1, 0.15) is 0 Å². The van der Waals surface area contributed by atoms with E-state index in [0.717, 1.165) is 17.0 Å². The van der Waals surface area contributed by atoms with Crippen molar-refractivity contribution < 1.29 is 13.2 Å². The molecule has 4 nitrogen and oxygen atoms in total. The zero-order valence-corrected chi connectivity index (χ0v) is 15.2. The van der Waals surface area contributed by atoms with E-state index >= 15 is 0 Å². The lowest BCUT2D eigenvalue weighted by Gasteiger charge is -2.27. The molecule has 0 unspecified atom stereocenters. The monoisotopic (exact) mass is 373 g/mol. The summed E-state index contributed by atoms with van der Waals surface area (Å²) in [6, 6.07) is 18.7. The molecule has 1 atom stereocenters. The topological polar surface area (TPSA) is 54.5 Å². The molecule has 0 saturated carbocycles. The van der Waals surface area contributed by atoms with Gasteiger partial charge >= 0.3 is 0 Å². The summed E-state index contributed by atoms with van der Waals surface area (Å²) in [4.78, 5) is 14.4. The molecule has 2 aromatic rings. The average molecular weight is 373 g/mol. The molecule has 0 saturated heterocycles. The van der Waals surface area contributed by atoms with Crippen LogP contribution in [0.2, 0.25) is 0 Å². The lowest BCUT2D eigenvalue weighted by molar-refractivity contribution is -0.116. The minimum atomic E-state index is -3.23. The third kappa shape index (κ3) is 4.74. The minimum absolute atomic E-state index is 0.0585. The quantitative estimate of drug-likeness (QED) is 0.780. The fourth-order valence-electron chi connectivity index (χ4n) is 2.73. The van der Waals surface area contributed by atoms with E-state index in [9.17, 15) is 13.2 Å². The highest BCUT2D eigenvalue weighted by molar-refractivity contribution is 7.99. The van der Waals surface area contributed by atoms with Crippen molar-refractivity contribution in [2.75, 3.05) is 16.4 Å². The Morgan fingerprint density at radius 3 is 2.28 bits per heavy atom. The van der Waals surface area contributed by atoms with Gasteiger partial charge in [-0.3, -0.25) is 4.79 Å². The first kappa shape index (κ1) is 17.8. The smallest absolute Gasteiger partial charge is 0.237 e. The molecule has 0 fully saturated rings. The van der Waals surface area contributed by atoms with E-state index in [-0.39, 0.29) is 11.7 Å². The SMILES string of the molecule is O=C(CSCc1ccccc1)N(c1ccccc1)[C@H]1C=CS(=O)(=O)C1.